The Balaban J connectivity index is 2.38. The minimum Gasteiger partial charge on any atom is -0.326 e. The van der Waals surface area contributed by atoms with Crippen LogP contribution < -0.4 is 10.5 Å². The Bertz CT molecular complexity index is 724. The minimum atomic E-state index is -3.58. The molecule has 2 aromatic rings. The molecule has 0 fully saturated rings. The fourth-order valence-electron chi connectivity index (χ4n) is 1.97. The zero-order valence-electron chi connectivity index (χ0n) is 11.6. The molecule has 3 N–H and O–H groups in total. The third-order valence-corrected chi connectivity index (χ3v) is 4.57. The highest BCUT2D eigenvalue weighted by atomic mass is 32.2. The first kappa shape index (κ1) is 14.6. The van der Waals surface area contributed by atoms with Gasteiger partial charge in [0.1, 0.15) is 0 Å². The monoisotopic (exact) mass is 290 g/mol. The van der Waals surface area contributed by atoms with E-state index in [4.69, 9.17) is 5.73 Å². The second kappa shape index (κ2) is 5.64. The molecule has 0 saturated carbocycles. The number of hydrogen-bond acceptors (Lipinski definition) is 3. The van der Waals surface area contributed by atoms with Gasteiger partial charge in [-0.2, -0.15) is 0 Å². The maximum atomic E-state index is 12.4. The number of aryl methyl sites for hydroxylation is 2. The van der Waals surface area contributed by atoms with Crippen molar-refractivity contribution in [2.75, 3.05) is 4.72 Å². The van der Waals surface area contributed by atoms with E-state index in [0.29, 0.717) is 17.1 Å². The summed E-state index contributed by atoms with van der Waals surface area (Å²) in [6.45, 7) is 4.02. The molecule has 106 valence electrons. The fourth-order valence-corrected chi connectivity index (χ4v) is 3.35. The molecule has 2 rings (SSSR count). The van der Waals surface area contributed by atoms with Crippen LogP contribution in [0.4, 0.5) is 5.69 Å². The van der Waals surface area contributed by atoms with E-state index in [9.17, 15) is 8.42 Å². The van der Waals surface area contributed by atoms with Crippen molar-refractivity contribution in [3.8, 4) is 0 Å². The van der Waals surface area contributed by atoms with Gasteiger partial charge in [0.15, 0.2) is 0 Å². The topological polar surface area (TPSA) is 72.2 Å². The van der Waals surface area contributed by atoms with Crippen LogP contribution in [0.25, 0.3) is 0 Å². The van der Waals surface area contributed by atoms with Gasteiger partial charge in [-0.15, -0.1) is 0 Å². The number of nitrogens with two attached hydrogens (primary N) is 1. The van der Waals surface area contributed by atoms with Gasteiger partial charge < -0.3 is 5.73 Å². The standard InChI is InChI=1S/C15H18N2O2S/c1-11-6-7-12(2)15(8-11)20(18,19)17-14-5-3-4-13(9-14)10-16/h3-9,17H,10,16H2,1-2H3. The quantitative estimate of drug-likeness (QED) is 0.909. The van der Waals surface area contributed by atoms with Gasteiger partial charge in [-0.25, -0.2) is 8.42 Å². The molecule has 0 saturated heterocycles. The first-order valence-electron chi connectivity index (χ1n) is 6.31. The van der Waals surface area contributed by atoms with Gasteiger partial charge in [0.25, 0.3) is 10.0 Å². The van der Waals surface area contributed by atoms with Crippen molar-refractivity contribution in [3.63, 3.8) is 0 Å². The van der Waals surface area contributed by atoms with Crippen LogP contribution in [-0.4, -0.2) is 8.42 Å². The SMILES string of the molecule is Cc1ccc(C)c(S(=O)(=O)Nc2cccc(CN)c2)c1. The molecule has 0 amide bonds. The summed E-state index contributed by atoms with van der Waals surface area (Å²) < 4.78 is 27.5. The summed E-state index contributed by atoms with van der Waals surface area (Å²) in [7, 11) is -3.58. The molecule has 0 radical (unpaired) electrons. The zero-order chi connectivity index (χ0) is 14.8. The highest BCUT2D eigenvalue weighted by molar-refractivity contribution is 7.92. The van der Waals surface area contributed by atoms with Gasteiger partial charge >= 0.3 is 0 Å². The molecule has 0 atom stereocenters. The highest BCUT2D eigenvalue weighted by Gasteiger charge is 2.17. The Morgan fingerprint density at radius 3 is 2.55 bits per heavy atom. The van der Waals surface area contributed by atoms with Crippen molar-refractivity contribution in [1.29, 1.82) is 0 Å². The number of rotatable bonds is 4. The van der Waals surface area contributed by atoms with E-state index in [-0.39, 0.29) is 0 Å². The number of benzene rings is 2. The maximum Gasteiger partial charge on any atom is 0.262 e. The molecule has 0 bridgehead atoms. The van der Waals surface area contributed by atoms with Crippen molar-refractivity contribution < 1.29 is 8.42 Å². The first-order valence-corrected chi connectivity index (χ1v) is 7.80. The molecule has 4 nitrogen and oxygen atoms in total. The average molecular weight is 290 g/mol. The van der Waals surface area contributed by atoms with Gasteiger partial charge in [-0.05, 0) is 48.7 Å². The van der Waals surface area contributed by atoms with Crippen LogP contribution in [0, 0.1) is 13.8 Å². The van der Waals surface area contributed by atoms with Crippen molar-refractivity contribution in [2.45, 2.75) is 25.3 Å². The fraction of sp³-hybridized carbons (Fsp3) is 0.200. The van der Waals surface area contributed by atoms with Gasteiger partial charge in [-0.1, -0.05) is 24.3 Å². The highest BCUT2D eigenvalue weighted by Crippen LogP contribution is 2.21. The Morgan fingerprint density at radius 1 is 1.10 bits per heavy atom. The molecule has 0 unspecified atom stereocenters. The molecule has 0 aromatic heterocycles. The Hall–Kier alpha value is -1.85. The van der Waals surface area contributed by atoms with Crippen LogP contribution in [0.3, 0.4) is 0 Å². The van der Waals surface area contributed by atoms with Crippen molar-refractivity contribution in [3.05, 3.63) is 59.2 Å². The summed E-state index contributed by atoms with van der Waals surface area (Å²) in [5.41, 5.74) is 8.59. The molecule has 0 heterocycles. The number of sulfonamides is 1. The lowest BCUT2D eigenvalue weighted by atomic mass is 10.2. The third-order valence-electron chi connectivity index (χ3n) is 3.05. The van der Waals surface area contributed by atoms with Crippen LogP contribution in [-0.2, 0) is 16.6 Å². The van der Waals surface area contributed by atoms with E-state index in [2.05, 4.69) is 4.72 Å². The molecule has 0 aliphatic heterocycles. The molecular weight excluding hydrogens is 272 g/mol. The Kier molecular flexibility index (Phi) is 4.11. The molecule has 0 spiro atoms. The summed E-state index contributed by atoms with van der Waals surface area (Å²) in [6.07, 6.45) is 0. The third kappa shape index (κ3) is 3.18. The summed E-state index contributed by atoms with van der Waals surface area (Å²) in [4.78, 5) is 0.302. The predicted molar refractivity (Wildman–Crippen MR) is 81.1 cm³/mol. The second-order valence-corrected chi connectivity index (χ2v) is 6.43. The molecule has 20 heavy (non-hydrogen) atoms. The van der Waals surface area contributed by atoms with E-state index in [1.165, 1.54) is 0 Å². The lowest BCUT2D eigenvalue weighted by Gasteiger charge is -2.11. The summed E-state index contributed by atoms with van der Waals surface area (Å²) in [5.74, 6) is 0. The Morgan fingerprint density at radius 2 is 1.85 bits per heavy atom. The molecule has 0 aliphatic carbocycles. The maximum absolute atomic E-state index is 12.4. The molecule has 2 aromatic carbocycles. The largest absolute Gasteiger partial charge is 0.326 e. The zero-order valence-corrected chi connectivity index (χ0v) is 12.4. The number of anilines is 1. The predicted octanol–water partition coefficient (Wildman–Crippen LogP) is 2.56. The summed E-state index contributed by atoms with van der Waals surface area (Å²) in [5, 5.41) is 0. The average Bonchev–Trinajstić information content (AvgIpc) is 2.41. The van der Waals surface area contributed by atoms with Crippen LogP contribution in [0.15, 0.2) is 47.4 Å². The first-order chi connectivity index (χ1) is 9.42. The second-order valence-electron chi connectivity index (χ2n) is 4.78. The lowest BCUT2D eigenvalue weighted by molar-refractivity contribution is 0.600. The van der Waals surface area contributed by atoms with Crippen molar-refractivity contribution in [1.82, 2.24) is 0 Å². The van der Waals surface area contributed by atoms with E-state index in [0.717, 1.165) is 16.7 Å². The van der Waals surface area contributed by atoms with E-state index in [1.807, 2.05) is 19.1 Å². The summed E-state index contributed by atoms with van der Waals surface area (Å²) >= 11 is 0. The van der Waals surface area contributed by atoms with Crippen molar-refractivity contribution >= 4 is 15.7 Å². The van der Waals surface area contributed by atoms with Gasteiger partial charge in [0.05, 0.1) is 4.90 Å². The molecule has 5 heteroatoms. The minimum absolute atomic E-state index is 0.302. The van der Waals surface area contributed by atoms with Crippen LogP contribution in [0.2, 0.25) is 0 Å². The van der Waals surface area contributed by atoms with Crippen LogP contribution >= 0.6 is 0 Å². The van der Waals surface area contributed by atoms with Crippen LogP contribution in [0.1, 0.15) is 16.7 Å². The number of nitrogens with one attached hydrogen (secondary N) is 1. The van der Waals surface area contributed by atoms with Gasteiger partial charge in [-0.3, -0.25) is 4.72 Å². The van der Waals surface area contributed by atoms with Gasteiger partial charge in [0, 0.05) is 12.2 Å². The molecular formula is C15H18N2O2S. The number of hydrogen-bond donors (Lipinski definition) is 2. The smallest absolute Gasteiger partial charge is 0.262 e. The normalized spacial score (nSPS) is 11.3. The van der Waals surface area contributed by atoms with Crippen LogP contribution in [0.5, 0.6) is 0 Å². The van der Waals surface area contributed by atoms with Gasteiger partial charge in [0.2, 0.25) is 0 Å². The Labute approximate surface area is 119 Å². The van der Waals surface area contributed by atoms with Crippen molar-refractivity contribution in [2.24, 2.45) is 5.73 Å². The van der Waals surface area contributed by atoms with E-state index >= 15 is 0 Å². The lowest BCUT2D eigenvalue weighted by Crippen LogP contribution is -2.14. The van der Waals surface area contributed by atoms with E-state index < -0.39 is 10.0 Å². The summed E-state index contributed by atoms with van der Waals surface area (Å²) in [6, 6.07) is 12.5. The van der Waals surface area contributed by atoms with E-state index in [1.54, 1.807) is 37.3 Å². The molecule has 0 aliphatic rings.